The van der Waals surface area contributed by atoms with Crippen molar-refractivity contribution in [2.24, 2.45) is 0 Å². The molecule has 0 aliphatic carbocycles. The summed E-state index contributed by atoms with van der Waals surface area (Å²) in [7, 11) is 0. The van der Waals surface area contributed by atoms with Crippen molar-refractivity contribution in [3.05, 3.63) is 28.5 Å². The van der Waals surface area contributed by atoms with E-state index in [-0.39, 0.29) is 10.7 Å². The minimum Gasteiger partial charge on any atom is -0.349 e. The number of nitrogens with one attached hydrogen (secondary N) is 1. The van der Waals surface area contributed by atoms with Crippen LogP contribution in [0, 0.1) is 0 Å². The molecule has 5 heteroatoms. The number of aromatic nitrogens is 1. The number of nitrogens with zero attached hydrogens (tertiary/aromatic N) is 1. The first-order valence-electron chi connectivity index (χ1n) is 4.90. The molecule has 0 saturated heterocycles. The van der Waals surface area contributed by atoms with Gasteiger partial charge < -0.3 is 5.32 Å². The average molecular weight is 303 g/mol. The molecule has 0 aromatic carbocycles. The fourth-order valence-corrected chi connectivity index (χ4v) is 1.55. The molecule has 16 heavy (non-hydrogen) atoms. The Morgan fingerprint density at radius 2 is 2.25 bits per heavy atom. The van der Waals surface area contributed by atoms with Crippen molar-refractivity contribution in [1.29, 1.82) is 0 Å². The van der Waals surface area contributed by atoms with Crippen molar-refractivity contribution >= 4 is 33.6 Å². The molecule has 1 aromatic heterocycles. The molecule has 1 N–H and O–H groups in total. The van der Waals surface area contributed by atoms with Crippen LogP contribution in [-0.4, -0.2) is 28.4 Å². The fourth-order valence-electron chi connectivity index (χ4n) is 0.991. The van der Waals surface area contributed by atoms with Crippen LogP contribution in [0.25, 0.3) is 0 Å². The number of hydrogen-bond acceptors (Lipinski definition) is 3. The number of halogens is 1. The zero-order chi connectivity index (χ0) is 12.2. The molecular weight excluding hydrogens is 288 g/mol. The zero-order valence-corrected chi connectivity index (χ0v) is 12.0. The molecule has 88 valence electrons. The number of carbonyl (C=O) groups excluding carboxylic acids is 1. The van der Waals surface area contributed by atoms with Gasteiger partial charge in [-0.15, -0.1) is 0 Å². The van der Waals surface area contributed by atoms with Gasteiger partial charge in [-0.3, -0.25) is 4.79 Å². The summed E-state index contributed by atoms with van der Waals surface area (Å²) in [5.74, 6) is -0.136. The number of pyridine rings is 1. The SMILES string of the molecule is CSC(C)(C)CNC(=O)c1cccc(Br)n1. The second-order valence-electron chi connectivity index (χ2n) is 3.99. The van der Waals surface area contributed by atoms with Crippen LogP contribution in [0.4, 0.5) is 0 Å². The number of hydrogen-bond donors (Lipinski definition) is 1. The molecule has 3 nitrogen and oxygen atoms in total. The van der Waals surface area contributed by atoms with Crippen LogP contribution in [0.1, 0.15) is 24.3 Å². The van der Waals surface area contributed by atoms with E-state index in [4.69, 9.17) is 0 Å². The number of rotatable bonds is 4. The molecule has 1 amide bonds. The second kappa shape index (κ2) is 5.68. The highest BCUT2D eigenvalue weighted by Gasteiger charge is 2.17. The molecule has 0 spiro atoms. The maximum Gasteiger partial charge on any atom is 0.269 e. The van der Waals surface area contributed by atoms with Gasteiger partial charge in [-0.2, -0.15) is 11.8 Å². The largest absolute Gasteiger partial charge is 0.349 e. The van der Waals surface area contributed by atoms with Crippen LogP contribution in [0.3, 0.4) is 0 Å². The monoisotopic (exact) mass is 302 g/mol. The summed E-state index contributed by atoms with van der Waals surface area (Å²) >= 11 is 4.96. The predicted molar refractivity (Wildman–Crippen MR) is 71.9 cm³/mol. The van der Waals surface area contributed by atoms with E-state index >= 15 is 0 Å². The third kappa shape index (κ3) is 4.14. The Hall–Kier alpha value is -0.550. The minimum absolute atomic E-state index is 0.0433. The molecule has 0 fully saturated rings. The third-order valence-electron chi connectivity index (χ3n) is 2.18. The Kier molecular flexibility index (Phi) is 4.80. The van der Waals surface area contributed by atoms with Gasteiger partial charge in [0.05, 0.1) is 0 Å². The molecule has 1 rings (SSSR count). The smallest absolute Gasteiger partial charge is 0.269 e. The van der Waals surface area contributed by atoms with Crippen LogP contribution in [-0.2, 0) is 0 Å². The minimum atomic E-state index is -0.136. The van der Waals surface area contributed by atoms with E-state index < -0.39 is 0 Å². The Bertz CT molecular complexity index is 382. The first-order valence-corrected chi connectivity index (χ1v) is 6.92. The Morgan fingerprint density at radius 1 is 1.56 bits per heavy atom. The van der Waals surface area contributed by atoms with Crippen LogP contribution in [0.2, 0.25) is 0 Å². The molecule has 0 aliphatic heterocycles. The summed E-state index contributed by atoms with van der Waals surface area (Å²) in [6.07, 6.45) is 2.03. The van der Waals surface area contributed by atoms with E-state index in [0.717, 1.165) is 0 Å². The van der Waals surface area contributed by atoms with E-state index in [9.17, 15) is 4.79 Å². The van der Waals surface area contributed by atoms with Crippen LogP contribution in [0.5, 0.6) is 0 Å². The molecule has 0 saturated carbocycles. The molecule has 0 radical (unpaired) electrons. The first-order chi connectivity index (χ1) is 7.44. The van der Waals surface area contributed by atoms with Crippen LogP contribution in [0.15, 0.2) is 22.8 Å². The van der Waals surface area contributed by atoms with Crippen LogP contribution < -0.4 is 5.32 Å². The van der Waals surface area contributed by atoms with Gasteiger partial charge >= 0.3 is 0 Å². The molecule has 1 aromatic rings. The zero-order valence-electron chi connectivity index (χ0n) is 9.58. The van der Waals surface area contributed by atoms with Gasteiger partial charge in [0, 0.05) is 11.3 Å². The highest BCUT2D eigenvalue weighted by Crippen LogP contribution is 2.19. The van der Waals surface area contributed by atoms with E-state index in [1.165, 1.54) is 0 Å². The maximum atomic E-state index is 11.8. The van der Waals surface area contributed by atoms with Crippen molar-refractivity contribution in [1.82, 2.24) is 10.3 Å². The summed E-state index contributed by atoms with van der Waals surface area (Å²) in [5.41, 5.74) is 0.436. The van der Waals surface area contributed by atoms with Crippen LogP contribution >= 0.6 is 27.7 Å². The molecule has 0 atom stereocenters. The fraction of sp³-hybridized carbons (Fsp3) is 0.455. The quantitative estimate of drug-likeness (QED) is 0.870. The topological polar surface area (TPSA) is 42.0 Å². The maximum absolute atomic E-state index is 11.8. The van der Waals surface area contributed by atoms with Crippen molar-refractivity contribution in [3.63, 3.8) is 0 Å². The van der Waals surface area contributed by atoms with Crippen molar-refractivity contribution in [2.45, 2.75) is 18.6 Å². The lowest BCUT2D eigenvalue weighted by atomic mass is 10.2. The van der Waals surface area contributed by atoms with Crippen molar-refractivity contribution in [2.75, 3.05) is 12.8 Å². The van der Waals surface area contributed by atoms with E-state index in [1.807, 2.05) is 6.26 Å². The average Bonchev–Trinajstić information content (AvgIpc) is 2.26. The number of thioether (sulfide) groups is 1. The first kappa shape index (κ1) is 13.5. The van der Waals surface area contributed by atoms with E-state index in [2.05, 4.69) is 40.1 Å². The summed E-state index contributed by atoms with van der Waals surface area (Å²) in [4.78, 5) is 15.9. The van der Waals surface area contributed by atoms with Crippen molar-refractivity contribution < 1.29 is 4.79 Å². The Morgan fingerprint density at radius 3 is 2.81 bits per heavy atom. The molecule has 0 bridgehead atoms. The van der Waals surface area contributed by atoms with E-state index in [1.54, 1.807) is 30.0 Å². The Labute approximate surface area is 109 Å². The normalized spacial score (nSPS) is 11.2. The number of carbonyl (C=O) groups is 1. The highest BCUT2D eigenvalue weighted by atomic mass is 79.9. The lowest BCUT2D eigenvalue weighted by molar-refractivity contribution is 0.0945. The lowest BCUT2D eigenvalue weighted by Crippen LogP contribution is -2.36. The van der Waals surface area contributed by atoms with Gasteiger partial charge in [0.2, 0.25) is 0 Å². The third-order valence-corrected chi connectivity index (χ3v) is 3.87. The number of amides is 1. The summed E-state index contributed by atoms with van der Waals surface area (Å²) in [5, 5.41) is 2.87. The molecule has 1 heterocycles. The standard InChI is InChI=1S/C11H15BrN2OS/c1-11(2,16-3)7-13-10(15)8-5-4-6-9(12)14-8/h4-6H,7H2,1-3H3,(H,13,15). The highest BCUT2D eigenvalue weighted by molar-refractivity contribution is 9.10. The van der Waals surface area contributed by atoms with Gasteiger partial charge in [-0.25, -0.2) is 4.98 Å². The summed E-state index contributed by atoms with van der Waals surface area (Å²) in [6, 6.07) is 5.29. The van der Waals surface area contributed by atoms with Gasteiger partial charge in [0.15, 0.2) is 0 Å². The van der Waals surface area contributed by atoms with Gasteiger partial charge in [0.1, 0.15) is 10.3 Å². The van der Waals surface area contributed by atoms with Gasteiger partial charge in [-0.1, -0.05) is 6.07 Å². The molecule has 0 aliphatic rings. The Balaban J connectivity index is 2.60. The van der Waals surface area contributed by atoms with Crippen molar-refractivity contribution in [3.8, 4) is 0 Å². The van der Waals surface area contributed by atoms with Gasteiger partial charge in [-0.05, 0) is 48.2 Å². The van der Waals surface area contributed by atoms with E-state index in [0.29, 0.717) is 16.8 Å². The second-order valence-corrected chi connectivity index (χ2v) is 6.32. The lowest BCUT2D eigenvalue weighted by Gasteiger charge is -2.21. The predicted octanol–water partition coefficient (Wildman–Crippen LogP) is 2.72. The summed E-state index contributed by atoms with van der Waals surface area (Å²) in [6.45, 7) is 4.81. The molecule has 0 unspecified atom stereocenters. The summed E-state index contributed by atoms with van der Waals surface area (Å²) < 4.78 is 0.714. The molecular formula is C11H15BrN2OS. The van der Waals surface area contributed by atoms with Gasteiger partial charge in [0.25, 0.3) is 5.91 Å².